The van der Waals surface area contributed by atoms with Crippen molar-refractivity contribution in [2.24, 2.45) is 0 Å². The normalized spacial score (nSPS) is 10.6. The van der Waals surface area contributed by atoms with Crippen LogP contribution in [-0.4, -0.2) is 28.5 Å². The zero-order valence-electron chi connectivity index (χ0n) is 11.8. The second kappa shape index (κ2) is 6.86. The number of unbranched alkanes of at least 4 members (excludes halogenated alkanes) is 1. The van der Waals surface area contributed by atoms with Crippen LogP contribution >= 0.6 is 0 Å². The molecule has 0 aliphatic carbocycles. The molecule has 0 saturated carbocycles. The molecule has 0 bridgehead atoms. The van der Waals surface area contributed by atoms with Gasteiger partial charge in [-0.2, -0.15) is 4.98 Å². The first-order valence-electron chi connectivity index (χ1n) is 6.35. The van der Waals surface area contributed by atoms with E-state index in [-0.39, 0.29) is 23.3 Å². The predicted octanol–water partition coefficient (Wildman–Crippen LogP) is 2.73. The molecule has 0 radical (unpaired) electrons. The first kappa shape index (κ1) is 15.1. The molecule has 7 nitrogen and oxygen atoms in total. The number of ether oxygens (including phenoxy) is 1. The van der Waals surface area contributed by atoms with E-state index in [0.717, 1.165) is 12.8 Å². The molecule has 0 fully saturated rings. The molecule has 1 aromatic rings. The number of anilines is 1. The molecule has 7 heteroatoms. The molecule has 1 rings (SSSR count). The lowest BCUT2D eigenvalue weighted by Gasteiger charge is -2.11. The Kier molecular flexibility index (Phi) is 5.47. The van der Waals surface area contributed by atoms with Gasteiger partial charge >= 0.3 is 5.69 Å². The summed E-state index contributed by atoms with van der Waals surface area (Å²) in [6, 6.07) is 0. The summed E-state index contributed by atoms with van der Waals surface area (Å²) >= 11 is 0. The molecule has 1 heterocycles. The summed E-state index contributed by atoms with van der Waals surface area (Å²) in [7, 11) is 1.37. The Hall–Kier alpha value is -1.92. The van der Waals surface area contributed by atoms with Crippen LogP contribution in [-0.2, 0) is 0 Å². The van der Waals surface area contributed by atoms with Crippen LogP contribution in [0.5, 0.6) is 5.88 Å². The summed E-state index contributed by atoms with van der Waals surface area (Å²) in [6.07, 6.45) is 1.92. The third kappa shape index (κ3) is 3.77. The standard InChI is InChI=1S/C12H20N4O3/c1-5-6-7-13-11-9(16(17)18)12(19-4)15-10(14-11)8(2)3/h8H,5-7H2,1-4H3,(H,13,14,15). The van der Waals surface area contributed by atoms with E-state index in [1.54, 1.807) is 0 Å². The SMILES string of the molecule is CCCCNc1nc(C(C)C)nc(OC)c1[N+](=O)[O-]. The third-order valence-electron chi connectivity index (χ3n) is 2.58. The number of aromatic nitrogens is 2. The van der Waals surface area contributed by atoms with Crippen LogP contribution in [0.15, 0.2) is 0 Å². The zero-order chi connectivity index (χ0) is 14.4. The van der Waals surface area contributed by atoms with E-state index in [4.69, 9.17) is 4.74 Å². The topological polar surface area (TPSA) is 90.2 Å². The summed E-state index contributed by atoms with van der Waals surface area (Å²) in [5.74, 6) is 0.833. The van der Waals surface area contributed by atoms with Crippen LogP contribution in [0.3, 0.4) is 0 Å². The van der Waals surface area contributed by atoms with Gasteiger partial charge in [0.15, 0.2) is 0 Å². The Morgan fingerprint density at radius 2 is 2.11 bits per heavy atom. The average molecular weight is 268 g/mol. The van der Waals surface area contributed by atoms with Crippen molar-refractivity contribution >= 4 is 11.5 Å². The molecule has 1 N–H and O–H groups in total. The fourth-order valence-electron chi connectivity index (χ4n) is 1.52. The van der Waals surface area contributed by atoms with E-state index >= 15 is 0 Å². The number of nitrogens with one attached hydrogen (secondary N) is 1. The Morgan fingerprint density at radius 3 is 2.58 bits per heavy atom. The summed E-state index contributed by atoms with van der Waals surface area (Å²) < 4.78 is 5.01. The number of nitro groups is 1. The van der Waals surface area contributed by atoms with Gasteiger partial charge in [-0.3, -0.25) is 10.1 Å². The number of nitrogens with zero attached hydrogens (tertiary/aromatic N) is 3. The molecule has 0 unspecified atom stereocenters. The van der Waals surface area contributed by atoms with E-state index in [1.165, 1.54) is 7.11 Å². The van der Waals surface area contributed by atoms with Crippen molar-refractivity contribution in [1.29, 1.82) is 0 Å². The van der Waals surface area contributed by atoms with E-state index in [2.05, 4.69) is 22.2 Å². The average Bonchev–Trinajstić information content (AvgIpc) is 2.37. The predicted molar refractivity (Wildman–Crippen MR) is 72.7 cm³/mol. The van der Waals surface area contributed by atoms with E-state index in [9.17, 15) is 10.1 Å². The Morgan fingerprint density at radius 1 is 1.42 bits per heavy atom. The minimum atomic E-state index is -0.517. The van der Waals surface area contributed by atoms with Gasteiger partial charge in [0.25, 0.3) is 5.88 Å². The van der Waals surface area contributed by atoms with Crippen LogP contribution in [0.1, 0.15) is 45.4 Å². The highest BCUT2D eigenvalue weighted by Crippen LogP contribution is 2.32. The van der Waals surface area contributed by atoms with Crippen molar-refractivity contribution in [3.8, 4) is 5.88 Å². The lowest BCUT2D eigenvalue weighted by molar-refractivity contribution is -0.385. The minimum absolute atomic E-state index is 0.00250. The van der Waals surface area contributed by atoms with Crippen molar-refractivity contribution in [1.82, 2.24) is 9.97 Å². The molecule has 0 atom stereocenters. The van der Waals surface area contributed by atoms with Gasteiger partial charge in [0.05, 0.1) is 12.0 Å². The Bertz CT molecular complexity index is 449. The first-order valence-corrected chi connectivity index (χ1v) is 6.35. The van der Waals surface area contributed by atoms with Crippen molar-refractivity contribution in [2.45, 2.75) is 39.5 Å². The van der Waals surface area contributed by atoms with Gasteiger partial charge in [0, 0.05) is 12.5 Å². The van der Waals surface area contributed by atoms with Crippen LogP contribution < -0.4 is 10.1 Å². The molecule has 19 heavy (non-hydrogen) atoms. The van der Waals surface area contributed by atoms with Crippen molar-refractivity contribution in [2.75, 3.05) is 19.0 Å². The quantitative estimate of drug-likeness (QED) is 0.464. The number of hydrogen-bond donors (Lipinski definition) is 1. The highest BCUT2D eigenvalue weighted by atomic mass is 16.6. The molecule has 0 aliphatic rings. The molecule has 106 valence electrons. The summed E-state index contributed by atoms with van der Waals surface area (Å²) in [4.78, 5) is 18.9. The molecular formula is C12H20N4O3. The van der Waals surface area contributed by atoms with Gasteiger partial charge in [0.1, 0.15) is 5.82 Å². The lowest BCUT2D eigenvalue weighted by Crippen LogP contribution is -2.11. The van der Waals surface area contributed by atoms with Gasteiger partial charge in [-0.15, -0.1) is 0 Å². The summed E-state index contributed by atoms with van der Waals surface area (Å²) in [5.41, 5.74) is -0.206. The molecule has 0 aromatic carbocycles. The van der Waals surface area contributed by atoms with Crippen molar-refractivity contribution in [3.63, 3.8) is 0 Å². The fraction of sp³-hybridized carbons (Fsp3) is 0.667. The Labute approximate surface area is 112 Å². The number of methoxy groups -OCH3 is 1. The number of hydrogen-bond acceptors (Lipinski definition) is 6. The molecule has 0 amide bonds. The fourth-order valence-corrected chi connectivity index (χ4v) is 1.52. The van der Waals surface area contributed by atoms with Crippen LogP contribution in [0.2, 0.25) is 0 Å². The smallest absolute Gasteiger partial charge is 0.372 e. The molecule has 0 spiro atoms. The molecular weight excluding hydrogens is 248 g/mol. The Balaban J connectivity index is 3.20. The van der Waals surface area contributed by atoms with E-state index in [1.807, 2.05) is 13.8 Å². The first-order chi connectivity index (χ1) is 9.01. The van der Waals surface area contributed by atoms with Gasteiger partial charge in [-0.1, -0.05) is 27.2 Å². The second-order valence-electron chi connectivity index (χ2n) is 4.48. The summed E-state index contributed by atoms with van der Waals surface area (Å²) in [5, 5.41) is 14.1. The minimum Gasteiger partial charge on any atom is -0.476 e. The molecule has 0 saturated heterocycles. The maximum absolute atomic E-state index is 11.1. The van der Waals surface area contributed by atoms with Crippen molar-refractivity contribution < 1.29 is 9.66 Å². The zero-order valence-corrected chi connectivity index (χ0v) is 11.8. The monoisotopic (exact) mass is 268 g/mol. The van der Waals surface area contributed by atoms with Crippen LogP contribution in [0, 0.1) is 10.1 Å². The van der Waals surface area contributed by atoms with E-state index in [0.29, 0.717) is 12.4 Å². The van der Waals surface area contributed by atoms with Gasteiger partial charge in [-0.05, 0) is 6.42 Å². The second-order valence-corrected chi connectivity index (χ2v) is 4.48. The van der Waals surface area contributed by atoms with Gasteiger partial charge < -0.3 is 10.1 Å². The maximum Gasteiger partial charge on any atom is 0.372 e. The lowest BCUT2D eigenvalue weighted by atomic mass is 10.2. The third-order valence-corrected chi connectivity index (χ3v) is 2.58. The molecule has 1 aromatic heterocycles. The summed E-state index contributed by atoms with van der Waals surface area (Å²) in [6.45, 7) is 6.54. The maximum atomic E-state index is 11.1. The van der Waals surface area contributed by atoms with Gasteiger partial charge in [-0.25, -0.2) is 4.98 Å². The van der Waals surface area contributed by atoms with Crippen molar-refractivity contribution in [3.05, 3.63) is 15.9 Å². The highest BCUT2D eigenvalue weighted by molar-refractivity contribution is 5.61. The van der Waals surface area contributed by atoms with Crippen LogP contribution in [0.4, 0.5) is 11.5 Å². The van der Waals surface area contributed by atoms with E-state index < -0.39 is 4.92 Å². The number of rotatable bonds is 7. The van der Waals surface area contributed by atoms with Gasteiger partial charge in [0.2, 0.25) is 5.82 Å². The highest BCUT2D eigenvalue weighted by Gasteiger charge is 2.26. The largest absolute Gasteiger partial charge is 0.476 e. The van der Waals surface area contributed by atoms with Crippen LogP contribution in [0.25, 0.3) is 0 Å². The molecule has 0 aliphatic heterocycles.